The van der Waals surface area contributed by atoms with Crippen molar-refractivity contribution < 1.29 is 14.2 Å². The molecule has 0 atom stereocenters. The summed E-state index contributed by atoms with van der Waals surface area (Å²) >= 11 is 0. The average molecular weight is 545 g/mol. The van der Waals surface area contributed by atoms with Gasteiger partial charge in [-0.25, -0.2) is 0 Å². The molecule has 0 spiro atoms. The summed E-state index contributed by atoms with van der Waals surface area (Å²) < 4.78 is 18.4. The van der Waals surface area contributed by atoms with Crippen molar-refractivity contribution in [3.05, 3.63) is 35.2 Å². The van der Waals surface area contributed by atoms with E-state index in [-0.39, 0.29) is 24.0 Å². The van der Waals surface area contributed by atoms with Crippen molar-refractivity contribution in [2.24, 2.45) is 4.99 Å². The van der Waals surface area contributed by atoms with E-state index < -0.39 is 0 Å². The summed E-state index contributed by atoms with van der Waals surface area (Å²) in [7, 11) is 4.87. The SMILES string of the molecule is CCNC(=NCCCn1nc(C)cc1C)NCCc1ccc(OC)c(OC)c1OC.I. The maximum atomic E-state index is 5.56. The van der Waals surface area contributed by atoms with Crippen LogP contribution in [0.4, 0.5) is 0 Å². The van der Waals surface area contributed by atoms with E-state index in [0.29, 0.717) is 17.2 Å². The van der Waals surface area contributed by atoms with Gasteiger partial charge in [-0.2, -0.15) is 5.10 Å². The van der Waals surface area contributed by atoms with Gasteiger partial charge in [-0.15, -0.1) is 24.0 Å². The molecule has 1 aromatic heterocycles. The van der Waals surface area contributed by atoms with Crippen molar-refractivity contribution in [1.82, 2.24) is 20.4 Å². The fourth-order valence-electron chi connectivity index (χ4n) is 3.33. The van der Waals surface area contributed by atoms with Crippen LogP contribution < -0.4 is 24.8 Å². The Hall–Kier alpha value is -2.17. The monoisotopic (exact) mass is 545 g/mol. The van der Waals surface area contributed by atoms with Crippen LogP contribution in [0.1, 0.15) is 30.3 Å². The van der Waals surface area contributed by atoms with Crippen LogP contribution in [-0.4, -0.2) is 56.7 Å². The Kier molecular flexibility index (Phi) is 12.1. The van der Waals surface area contributed by atoms with Crippen LogP contribution in [0.3, 0.4) is 0 Å². The zero-order valence-corrected chi connectivity index (χ0v) is 21.8. The molecular formula is C22H36IN5O3. The number of nitrogens with one attached hydrogen (secondary N) is 2. The van der Waals surface area contributed by atoms with Crippen molar-refractivity contribution in [2.45, 2.75) is 40.2 Å². The predicted octanol–water partition coefficient (Wildman–Crippen LogP) is 3.33. The number of rotatable bonds is 11. The molecule has 2 N–H and O–H groups in total. The fraction of sp³-hybridized carbons (Fsp3) is 0.545. The quantitative estimate of drug-likeness (QED) is 0.195. The second-order valence-corrected chi connectivity index (χ2v) is 6.93. The minimum absolute atomic E-state index is 0. The molecule has 0 amide bonds. The molecule has 2 rings (SSSR count). The van der Waals surface area contributed by atoms with E-state index in [1.165, 1.54) is 5.69 Å². The summed E-state index contributed by atoms with van der Waals surface area (Å²) in [6.45, 7) is 9.28. The Morgan fingerprint density at radius 3 is 2.39 bits per heavy atom. The van der Waals surface area contributed by atoms with Gasteiger partial charge in [0.25, 0.3) is 0 Å². The van der Waals surface area contributed by atoms with Gasteiger partial charge < -0.3 is 24.8 Å². The molecule has 0 aliphatic carbocycles. The molecule has 1 aromatic carbocycles. The Balaban J connectivity index is 0.00000480. The first-order valence-electron chi connectivity index (χ1n) is 10.3. The van der Waals surface area contributed by atoms with E-state index in [9.17, 15) is 0 Å². The van der Waals surface area contributed by atoms with E-state index in [2.05, 4.69) is 40.6 Å². The molecule has 0 aliphatic rings. The summed E-state index contributed by atoms with van der Waals surface area (Å²) in [6.07, 6.45) is 1.70. The van der Waals surface area contributed by atoms with Crippen LogP contribution in [-0.2, 0) is 13.0 Å². The maximum absolute atomic E-state index is 5.56. The number of aliphatic imine (C=N–C) groups is 1. The normalized spacial score (nSPS) is 11.0. The number of ether oxygens (including phenoxy) is 3. The van der Waals surface area contributed by atoms with Gasteiger partial charge in [-0.05, 0) is 45.7 Å². The van der Waals surface area contributed by atoms with Gasteiger partial charge in [0.2, 0.25) is 5.75 Å². The molecular weight excluding hydrogens is 509 g/mol. The first-order valence-corrected chi connectivity index (χ1v) is 10.3. The van der Waals surface area contributed by atoms with Gasteiger partial charge in [0.1, 0.15) is 0 Å². The van der Waals surface area contributed by atoms with E-state index in [4.69, 9.17) is 14.2 Å². The maximum Gasteiger partial charge on any atom is 0.203 e. The lowest BCUT2D eigenvalue weighted by atomic mass is 10.1. The third-order valence-corrected chi connectivity index (χ3v) is 4.72. The number of guanidine groups is 1. The molecule has 8 nitrogen and oxygen atoms in total. The fourth-order valence-corrected chi connectivity index (χ4v) is 3.33. The molecule has 0 unspecified atom stereocenters. The number of hydrogen-bond acceptors (Lipinski definition) is 5. The van der Waals surface area contributed by atoms with Crippen LogP contribution in [0.2, 0.25) is 0 Å². The third-order valence-electron chi connectivity index (χ3n) is 4.72. The first-order chi connectivity index (χ1) is 14.5. The number of methoxy groups -OCH3 is 3. The number of nitrogens with zero attached hydrogens (tertiary/aromatic N) is 3. The minimum Gasteiger partial charge on any atom is -0.493 e. The minimum atomic E-state index is 0. The molecule has 174 valence electrons. The van der Waals surface area contributed by atoms with Crippen molar-refractivity contribution in [3.63, 3.8) is 0 Å². The molecule has 0 aliphatic heterocycles. The third kappa shape index (κ3) is 7.79. The van der Waals surface area contributed by atoms with Gasteiger partial charge >= 0.3 is 0 Å². The second-order valence-electron chi connectivity index (χ2n) is 6.93. The van der Waals surface area contributed by atoms with Gasteiger partial charge in [0.05, 0.1) is 27.0 Å². The van der Waals surface area contributed by atoms with Crippen LogP contribution in [0.5, 0.6) is 17.2 Å². The van der Waals surface area contributed by atoms with E-state index in [1.54, 1.807) is 21.3 Å². The van der Waals surface area contributed by atoms with Crippen molar-refractivity contribution in [2.75, 3.05) is 41.0 Å². The Bertz CT molecular complexity index is 839. The number of hydrogen-bond donors (Lipinski definition) is 2. The number of aromatic nitrogens is 2. The molecule has 0 radical (unpaired) electrons. The predicted molar refractivity (Wildman–Crippen MR) is 136 cm³/mol. The summed E-state index contributed by atoms with van der Waals surface area (Å²) in [6, 6.07) is 5.99. The van der Waals surface area contributed by atoms with Gasteiger partial charge in [-0.1, -0.05) is 6.07 Å². The molecule has 0 saturated heterocycles. The number of benzene rings is 1. The van der Waals surface area contributed by atoms with E-state index >= 15 is 0 Å². The molecule has 9 heteroatoms. The van der Waals surface area contributed by atoms with Gasteiger partial charge in [-0.3, -0.25) is 9.67 Å². The number of halogens is 1. The lowest BCUT2D eigenvalue weighted by Gasteiger charge is -2.16. The summed E-state index contributed by atoms with van der Waals surface area (Å²) in [5.41, 5.74) is 3.28. The molecule has 2 aromatic rings. The Morgan fingerprint density at radius 2 is 1.81 bits per heavy atom. The molecule has 0 saturated carbocycles. The van der Waals surface area contributed by atoms with Crippen molar-refractivity contribution in [3.8, 4) is 17.2 Å². The Labute approximate surface area is 202 Å². The molecule has 0 bridgehead atoms. The van der Waals surface area contributed by atoms with Crippen LogP contribution >= 0.6 is 24.0 Å². The van der Waals surface area contributed by atoms with Crippen molar-refractivity contribution >= 4 is 29.9 Å². The zero-order chi connectivity index (χ0) is 21.9. The molecule has 1 heterocycles. The highest BCUT2D eigenvalue weighted by atomic mass is 127. The van der Waals surface area contributed by atoms with Crippen molar-refractivity contribution in [1.29, 1.82) is 0 Å². The highest BCUT2D eigenvalue weighted by Crippen LogP contribution is 2.39. The first kappa shape index (κ1) is 26.9. The summed E-state index contributed by atoms with van der Waals surface area (Å²) in [4.78, 5) is 4.68. The number of aryl methyl sites for hydroxylation is 3. The van der Waals surface area contributed by atoms with Gasteiger partial charge in [0, 0.05) is 37.4 Å². The molecule has 31 heavy (non-hydrogen) atoms. The van der Waals surface area contributed by atoms with E-state index in [1.807, 2.05) is 23.7 Å². The lowest BCUT2D eigenvalue weighted by molar-refractivity contribution is 0.322. The molecule has 0 fully saturated rings. The van der Waals surface area contributed by atoms with Crippen LogP contribution in [0.25, 0.3) is 0 Å². The largest absolute Gasteiger partial charge is 0.493 e. The topological polar surface area (TPSA) is 81.9 Å². The highest BCUT2D eigenvalue weighted by molar-refractivity contribution is 14.0. The van der Waals surface area contributed by atoms with E-state index in [0.717, 1.165) is 56.2 Å². The van der Waals surface area contributed by atoms with Crippen LogP contribution in [0.15, 0.2) is 23.2 Å². The smallest absolute Gasteiger partial charge is 0.203 e. The lowest BCUT2D eigenvalue weighted by Crippen LogP contribution is -2.38. The highest BCUT2D eigenvalue weighted by Gasteiger charge is 2.15. The zero-order valence-electron chi connectivity index (χ0n) is 19.4. The summed E-state index contributed by atoms with van der Waals surface area (Å²) in [5.74, 6) is 2.78. The van der Waals surface area contributed by atoms with Gasteiger partial charge in [0.15, 0.2) is 17.5 Å². The van der Waals surface area contributed by atoms with Crippen LogP contribution in [0, 0.1) is 13.8 Å². The summed E-state index contributed by atoms with van der Waals surface area (Å²) in [5, 5.41) is 11.2. The standard InChI is InChI=1S/C22H35N5O3.HI/c1-7-23-22(24-12-8-14-27-17(3)15-16(2)26-27)25-13-11-18-9-10-19(28-4)21(30-6)20(18)29-5;/h9-10,15H,7-8,11-14H2,1-6H3,(H2,23,24,25);1H. The average Bonchev–Trinajstić information content (AvgIpc) is 3.07. The Morgan fingerprint density at radius 1 is 1.06 bits per heavy atom. The second kappa shape index (κ2) is 14.0.